The fraction of sp³-hybridized carbons (Fsp3) is 0.791. The molecule has 0 spiro atoms. The highest BCUT2D eigenvalue weighted by Gasteiger charge is 2.50. The highest BCUT2D eigenvalue weighted by atomic mass is 16.7. The van der Waals surface area contributed by atoms with Gasteiger partial charge in [-0.05, 0) is 89.9 Å². The van der Waals surface area contributed by atoms with Gasteiger partial charge in [-0.3, -0.25) is 14.4 Å². The maximum absolute atomic E-state index is 13.2. The summed E-state index contributed by atoms with van der Waals surface area (Å²) in [6.07, 6.45) is 56.0. The third-order valence-electron chi connectivity index (χ3n) is 14.6. The number of ether oxygens (including phenoxy) is 5. The number of aliphatic hydroxyl groups is 2. The molecule has 0 aliphatic carbocycles. The second-order valence-electron chi connectivity index (χ2n) is 22.0. The molecule has 1 heterocycles. The van der Waals surface area contributed by atoms with Crippen molar-refractivity contribution >= 4 is 23.9 Å². The van der Waals surface area contributed by atoms with Gasteiger partial charge in [0.15, 0.2) is 24.6 Å². The number of aliphatic hydroxyl groups excluding tert-OH is 2. The second kappa shape index (κ2) is 55.0. The first kappa shape index (κ1) is 73.4. The van der Waals surface area contributed by atoms with Crippen molar-refractivity contribution in [2.24, 2.45) is 0 Å². The fourth-order valence-corrected chi connectivity index (χ4v) is 9.58. The van der Waals surface area contributed by atoms with Crippen LogP contribution in [-0.2, 0) is 42.9 Å². The molecule has 0 aromatic rings. The molecule has 6 atom stereocenters. The first-order valence-corrected chi connectivity index (χ1v) is 32.3. The van der Waals surface area contributed by atoms with Crippen LogP contribution in [0.3, 0.4) is 0 Å². The van der Waals surface area contributed by atoms with Crippen LogP contribution in [0.4, 0.5) is 0 Å². The Labute approximate surface area is 481 Å². The molecule has 1 aliphatic rings. The number of hydrogen-bond acceptors (Lipinski definition) is 11. The van der Waals surface area contributed by atoms with E-state index in [0.717, 1.165) is 116 Å². The summed E-state index contributed by atoms with van der Waals surface area (Å²) in [4.78, 5) is 51.3. The summed E-state index contributed by atoms with van der Waals surface area (Å²) in [7, 11) is 0. The summed E-state index contributed by atoms with van der Waals surface area (Å²) < 4.78 is 28.5. The van der Waals surface area contributed by atoms with Crippen LogP contribution in [0.5, 0.6) is 0 Å². The predicted octanol–water partition coefficient (Wildman–Crippen LogP) is 17.1. The van der Waals surface area contributed by atoms with E-state index in [1.54, 1.807) is 0 Å². The summed E-state index contributed by atoms with van der Waals surface area (Å²) in [6.45, 7) is 5.95. The topological polar surface area (TPSA) is 175 Å². The Morgan fingerprint density at radius 3 is 1.18 bits per heavy atom. The molecular formula is C67H116O12. The van der Waals surface area contributed by atoms with Crippen molar-refractivity contribution in [3.8, 4) is 0 Å². The summed E-state index contributed by atoms with van der Waals surface area (Å²) in [6, 6.07) is 0. The number of carboxylic acid groups (broad SMARTS) is 1. The van der Waals surface area contributed by atoms with Gasteiger partial charge in [0.05, 0.1) is 6.61 Å². The summed E-state index contributed by atoms with van der Waals surface area (Å²) >= 11 is 0. The molecule has 0 amide bonds. The Morgan fingerprint density at radius 2 is 0.759 bits per heavy atom. The first-order chi connectivity index (χ1) is 38.6. The molecule has 456 valence electrons. The smallest absolute Gasteiger partial charge is 0.335 e. The van der Waals surface area contributed by atoms with Crippen molar-refractivity contribution in [1.82, 2.24) is 0 Å². The van der Waals surface area contributed by atoms with Crippen LogP contribution in [0, 0.1) is 0 Å². The number of esters is 3. The predicted molar refractivity (Wildman–Crippen MR) is 322 cm³/mol. The normalized spacial score (nSPS) is 18.2. The van der Waals surface area contributed by atoms with Gasteiger partial charge in [0.2, 0.25) is 0 Å². The number of allylic oxidation sites excluding steroid dienone is 10. The van der Waals surface area contributed by atoms with E-state index in [2.05, 4.69) is 81.5 Å². The molecular weight excluding hydrogens is 997 g/mol. The van der Waals surface area contributed by atoms with Crippen molar-refractivity contribution in [2.45, 2.75) is 327 Å². The molecule has 1 aliphatic heterocycles. The Hall–Kier alpha value is -3.58. The van der Waals surface area contributed by atoms with Gasteiger partial charge in [0.1, 0.15) is 18.8 Å². The number of carboxylic acids is 1. The maximum atomic E-state index is 13.2. The van der Waals surface area contributed by atoms with Gasteiger partial charge in [-0.25, -0.2) is 4.79 Å². The lowest BCUT2D eigenvalue weighted by Gasteiger charge is -2.40. The van der Waals surface area contributed by atoms with Crippen LogP contribution in [-0.4, -0.2) is 89.2 Å². The zero-order valence-corrected chi connectivity index (χ0v) is 50.4. The van der Waals surface area contributed by atoms with Crippen LogP contribution >= 0.6 is 0 Å². The Morgan fingerprint density at radius 1 is 0.418 bits per heavy atom. The van der Waals surface area contributed by atoms with Gasteiger partial charge in [-0.15, -0.1) is 0 Å². The minimum Gasteiger partial charge on any atom is -0.479 e. The largest absolute Gasteiger partial charge is 0.479 e. The second-order valence-corrected chi connectivity index (χ2v) is 22.0. The molecule has 12 heteroatoms. The molecule has 0 aromatic heterocycles. The molecule has 79 heavy (non-hydrogen) atoms. The average Bonchev–Trinajstić information content (AvgIpc) is 3.46. The van der Waals surface area contributed by atoms with Crippen LogP contribution in [0.25, 0.3) is 0 Å². The van der Waals surface area contributed by atoms with Crippen molar-refractivity contribution < 1.29 is 58.2 Å². The Kier molecular flexibility index (Phi) is 51.1. The zero-order chi connectivity index (χ0) is 57.5. The molecule has 6 unspecified atom stereocenters. The van der Waals surface area contributed by atoms with E-state index in [-0.39, 0.29) is 25.9 Å². The summed E-state index contributed by atoms with van der Waals surface area (Å²) in [5.74, 6) is -3.13. The fourth-order valence-electron chi connectivity index (χ4n) is 9.58. The van der Waals surface area contributed by atoms with E-state index in [1.165, 1.54) is 116 Å². The van der Waals surface area contributed by atoms with E-state index >= 15 is 0 Å². The molecule has 0 aromatic carbocycles. The number of aliphatic carboxylic acids is 1. The highest BCUT2D eigenvalue weighted by Crippen LogP contribution is 2.27. The lowest BCUT2D eigenvalue weighted by Crippen LogP contribution is -2.61. The van der Waals surface area contributed by atoms with E-state index < -0.39 is 67.3 Å². The average molecular weight is 1110 g/mol. The number of hydrogen-bond donors (Lipinski definition) is 3. The number of carbonyl (C=O) groups is 4. The van der Waals surface area contributed by atoms with Gasteiger partial charge < -0.3 is 39.0 Å². The van der Waals surface area contributed by atoms with Crippen molar-refractivity contribution in [1.29, 1.82) is 0 Å². The quantitative estimate of drug-likeness (QED) is 0.0228. The van der Waals surface area contributed by atoms with E-state index in [1.807, 2.05) is 0 Å². The number of carbonyl (C=O) groups excluding carboxylic acids is 3. The highest BCUT2D eigenvalue weighted by molar-refractivity contribution is 5.74. The van der Waals surface area contributed by atoms with Crippen molar-refractivity contribution in [3.05, 3.63) is 60.8 Å². The third-order valence-corrected chi connectivity index (χ3v) is 14.6. The zero-order valence-electron chi connectivity index (χ0n) is 50.4. The van der Waals surface area contributed by atoms with Crippen LogP contribution in [0.2, 0.25) is 0 Å². The molecule has 1 fully saturated rings. The maximum Gasteiger partial charge on any atom is 0.335 e. The van der Waals surface area contributed by atoms with Gasteiger partial charge in [0.25, 0.3) is 0 Å². The van der Waals surface area contributed by atoms with Gasteiger partial charge >= 0.3 is 23.9 Å². The van der Waals surface area contributed by atoms with E-state index in [9.17, 15) is 34.5 Å². The molecule has 0 saturated carbocycles. The van der Waals surface area contributed by atoms with Gasteiger partial charge in [-0.2, -0.15) is 0 Å². The van der Waals surface area contributed by atoms with Crippen molar-refractivity contribution in [3.63, 3.8) is 0 Å². The van der Waals surface area contributed by atoms with Crippen LogP contribution in [0.1, 0.15) is 290 Å². The molecule has 1 rings (SSSR count). The summed E-state index contributed by atoms with van der Waals surface area (Å²) in [5, 5.41) is 31.6. The Balaban J connectivity index is 2.67. The minimum absolute atomic E-state index is 0.0439. The number of unbranched alkanes of at least 4 members (excludes halogenated alkanes) is 31. The van der Waals surface area contributed by atoms with Crippen molar-refractivity contribution in [2.75, 3.05) is 13.2 Å². The number of rotatable bonds is 55. The SMILES string of the molecule is CCCCC/C=C\C/C=C\C/C=C\CCCCCCCCC(=O)OCC(COC1OC(C(=O)O)C(O)C(O)C1OC(=O)CCCCCCC/C=C\C/C=C\CCCCC)OC(=O)CCCCCCCCCCCCCCCCC. The molecule has 0 bridgehead atoms. The van der Waals surface area contributed by atoms with Crippen LogP contribution in [0.15, 0.2) is 60.8 Å². The monoisotopic (exact) mass is 1110 g/mol. The minimum atomic E-state index is -1.91. The molecule has 1 saturated heterocycles. The third kappa shape index (κ3) is 44.7. The summed E-state index contributed by atoms with van der Waals surface area (Å²) in [5.41, 5.74) is 0. The van der Waals surface area contributed by atoms with Crippen LogP contribution < -0.4 is 0 Å². The lowest BCUT2D eigenvalue weighted by atomic mass is 9.98. The Bertz CT molecular complexity index is 1600. The van der Waals surface area contributed by atoms with Gasteiger partial charge in [-0.1, -0.05) is 242 Å². The molecule has 3 N–H and O–H groups in total. The molecule has 12 nitrogen and oxygen atoms in total. The van der Waals surface area contributed by atoms with Gasteiger partial charge in [0, 0.05) is 19.3 Å². The first-order valence-electron chi connectivity index (χ1n) is 32.3. The van der Waals surface area contributed by atoms with E-state index in [0.29, 0.717) is 19.3 Å². The lowest BCUT2D eigenvalue weighted by molar-refractivity contribution is -0.301. The molecule has 0 radical (unpaired) electrons. The standard InChI is InChI=1S/C67H116O12/c1-4-7-10-13-16-19-22-25-28-29-30-31-34-35-38-41-44-47-50-53-59(68)75-56-58(77-60(69)54-51-48-45-42-39-36-32-26-23-20-17-14-11-8-5-2)57-76-67-65(63(72)62(71)64(79-67)66(73)74)78-61(70)55-52-49-46-43-40-37-33-27-24-21-18-15-12-9-6-3/h16,18-19,21,25,27-28,30-31,33,58,62-65,67,71-72H,4-15,17,20,22-24,26,29,32,34-57H2,1-3H3,(H,73,74)/b19-16-,21-18-,28-25-,31-30-,33-27-. The van der Waals surface area contributed by atoms with E-state index in [4.69, 9.17) is 23.7 Å².